The van der Waals surface area contributed by atoms with Gasteiger partial charge in [0.25, 0.3) is 0 Å². The van der Waals surface area contributed by atoms with E-state index >= 15 is 13.2 Å². The van der Waals surface area contributed by atoms with E-state index in [0.717, 1.165) is 60.2 Å². The Balaban J connectivity index is 0.00000291. The van der Waals surface area contributed by atoms with E-state index in [1.165, 1.54) is 130 Å². The van der Waals surface area contributed by atoms with Crippen molar-refractivity contribution in [3.8, 4) is 22.3 Å². The Morgan fingerprint density at radius 2 is 0.845 bits per heavy atom. The number of allylic oxidation sites excluding steroid dienone is 2. The third-order valence-corrected chi connectivity index (χ3v) is 48.1. The maximum atomic E-state index is 15.5. The summed E-state index contributed by atoms with van der Waals surface area (Å²) in [5, 5.41) is 2.92. The van der Waals surface area contributed by atoms with Crippen LogP contribution < -0.4 is 10.4 Å². The topological polar surface area (TPSA) is 0 Å². The van der Waals surface area contributed by atoms with Crippen LogP contribution in [-0.4, -0.2) is 29.2 Å². The van der Waals surface area contributed by atoms with Crippen molar-refractivity contribution < 1.29 is 30.6 Å². The second-order valence-corrected chi connectivity index (χ2v) is 66.4. The van der Waals surface area contributed by atoms with Crippen LogP contribution in [0.3, 0.4) is 0 Å². The molecule has 9 heteroatoms. The van der Waals surface area contributed by atoms with Gasteiger partial charge in [0.2, 0.25) is 0 Å². The maximum absolute atomic E-state index is 15.5. The predicted octanol–water partition coefficient (Wildman–Crippen LogP) is 17.1. The molecule has 2 atom stereocenters. The fraction of sp³-hybridized carbons (Fsp3) is 0.548. The molecule has 0 N–H and O–H groups in total. The third-order valence-electron chi connectivity index (χ3n) is 21.1. The molecule has 8 saturated carbocycles. The molecule has 8 fully saturated rings. The number of alkyl halides is 3. The van der Waals surface area contributed by atoms with Gasteiger partial charge in [-0.25, -0.2) is 0 Å². The zero-order valence-corrected chi connectivity index (χ0v) is 51.2. The van der Waals surface area contributed by atoms with E-state index in [1.807, 2.05) is 0 Å². The Kier molecular flexibility index (Phi) is 13.9. The number of fused-ring (bicyclic) bond motifs is 2. The summed E-state index contributed by atoms with van der Waals surface area (Å²) in [5.41, 5.74) is 13.5. The van der Waals surface area contributed by atoms with Crippen molar-refractivity contribution in [2.75, 3.05) is 0 Å². The van der Waals surface area contributed by atoms with E-state index < -0.39 is 46.1 Å². The third kappa shape index (κ3) is 9.43. The number of rotatable bonds is 12. The second-order valence-electron chi connectivity index (χ2n) is 27.8. The van der Waals surface area contributed by atoms with Crippen molar-refractivity contribution in [1.82, 2.24) is 0 Å². The summed E-state index contributed by atoms with van der Waals surface area (Å²) in [7, 11) is -3.02. The average Bonchev–Trinajstić information content (AvgIpc) is 3.87. The first-order valence-electron chi connectivity index (χ1n) is 27.7. The molecule has 0 nitrogen and oxygen atoms in total. The fourth-order valence-corrected chi connectivity index (χ4v) is 44.4. The number of halogens is 5. The van der Waals surface area contributed by atoms with E-state index in [4.69, 9.17) is 0 Å². The van der Waals surface area contributed by atoms with Gasteiger partial charge >= 0.3 is 421 Å². The molecule has 0 amide bonds. The summed E-state index contributed by atoms with van der Waals surface area (Å²) in [6.45, 7) is 16.8. The largest absolute Gasteiger partial charge is 0.147 e. The molecule has 0 radical (unpaired) electrons. The van der Waals surface area contributed by atoms with E-state index in [-0.39, 0.29) is 32.1 Å². The number of benzene rings is 4. The standard InChI is InChI=1S/2C29H35Si.C3H4F3.CH3.2ClH.H2Si.Zr/c2*1-30(2,3)26-9-7-22(8-10-26)27-6-4-5-23-12-21(18-29(23)27)17-28-24-13-19-11-20(15-24)16-25(28)14-19;1-2-3(4,5)6;;;;;/h2*4-10,12,18-20,24-25,28H,11,13-17H2,1-3H3;1-2H2;1H3;2*1H;1H2;. The first-order chi connectivity index (χ1) is 32.7. The Morgan fingerprint density at radius 1 is 0.507 bits per heavy atom. The van der Waals surface area contributed by atoms with Crippen LogP contribution in [0.4, 0.5) is 13.2 Å². The van der Waals surface area contributed by atoms with Crippen molar-refractivity contribution in [3.05, 3.63) is 118 Å². The van der Waals surface area contributed by atoms with Crippen LogP contribution in [0, 0.1) is 59.2 Å². The van der Waals surface area contributed by atoms with Gasteiger partial charge in [-0.3, -0.25) is 0 Å². The molecule has 2 unspecified atom stereocenters. The van der Waals surface area contributed by atoms with Crippen LogP contribution in [0.15, 0.2) is 96.1 Å². The molecule has 14 rings (SSSR count). The second kappa shape index (κ2) is 18.8. The molecule has 0 aromatic heterocycles. The summed E-state index contributed by atoms with van der Waals surface area (Å²) in [6, 6.07) is 32.9. The van der Waals surface area contributed by atoms with E-state index in [9.17, 15) is 0 Å². The quantitative estimate of drug-likeness (QED) is 0.124. The van der Waals surface area contributed by atoms with Crippen LogP contribution in [0.5, 0.6) is 0 Å². The average molecular weight is 1130 g/mol. The molecule has 10 aliphatic carbocycles. The van der Waals surface area contributed by atoms with Gasteiger partial charge in [-0.2, -0.15) is 0 Å². The van der Waals surface area contributed by atoms with Gasteiger partial charge in [-0.05, 0) is 0 Å². The van der Waals surface area contributed by atoms with Gasteiger partial charge in [0, 0.05) is 0 Å². The first-order valence-corrected chi connectivity index (χ1v) is 47.6. The van der Waals surface area contributed by atoms with Gasteiger partial charge in [-0.1, -0.05) is 0 Å². The monoisotopic (exact) mass is 1130 g/mol. The fourth-order valence-electron chi connectivity index (χ4n) is 18.4. The Labute approximate surface area is 442 Å². The zero-order chi connectivity index (χ0) is 48.0. The van der Waals surface area contributed by atoms with Gasteiger partial charge < -0.3 is 0 Å². The van der Waals surface area contributed by atoms with E-state index in [2.05, 4.69) is 148 Å². The summed E-state index contributed by atoms with van der Waals surface area (Å²) < 4.78 is 49.5. The molecule has 0 spiro atoms. The molecule has 8 bridgehead atoms. The zero-order valence-electron chi connectivity index (χ0n) is 43.7. The van der Waals surface area contributed by atoms with Crippen molar-refractivity contribution >= 4 is 70.4 Å². The SMILES string of the molecule is C[Si](C)(C)c1ccc(-c2cccc3c2C=C(CC2C4CC5CC(C4)CC2C5)[CH]3[Zr]([CH3])(=[SiH2])([CH2]CC(F)(F)F)[CH]2C(CC3C4CC5CC(C4)CC3C5)=Cc3c(-c4ccc([Si](C)(C)C)cc4)cccc32)cc1.Cl.Cl. The van der Waals surface area contributed by atoms with Gasteiger partial charge in [0.05, 0.1) is 0 Å². The molecule has 0 saturated heterocycles. The minimum Gasteiger partial charge on any atom is -0.147 e. The van der Waals surface area contributed by atoms with E-state index in [1.54, 1.807) is 0 Å². The minimum absolute atomic E-state index is 0. The molecule has 4 aromatic carbocycles. The molecular formula is C62H81Cl2F3Si3Zr. The number of hydrogen-bond acceptors (Lipinski definition) is 0. The molecule has 0 heterocycles. The van der Waals surface area contributed by atoms with Crippen LogP contribution in [0.25, 0.3) is 34.4 Å². The Morgan fingerprint density at radius 3 is 1.15 bits per heavy atom. The maximum Gasteiger partial charge on any atom is -0.147 e. The molecular weight excluding hydrogens is 1050 g/mol. The minimum atomic E-state index is -4.96. The summed E-state index contributed by atoms with van der Waals surface area (Å²) in [5.74, 6) is 7.93. The van der Waals surface area contributed by atoms with Crippen LogP contribution in [0.1, 0.15) is 113 Å². The van der Waals surface area contributed by atoms with Crippen LogP contribution >= 0.6 is 24.8 Å². The van der Waals surface area contributed by atoms with Crippen molar-refractivity contribution in [1.29, 1.82) is 0 Å². The van der Waals surface area contributed by atoms with E-state index in [0.29, 0.717) is 16.0 Å². The first kappa shape index (κ1) is 52.7. The predicted molar refractivity (Wildman–Crippen MR) is 306 cm³/mol. The van der Waals surface area contributed by atoms with Gasteiger partial charge in [0.1, 0.15) is 0 Å². The molecule has 4 aromatic rings. The van der Waals surface area contributed by atoms with Crippen LogP contribution in [-0.2, 0) is 17.4 Å². The van der Waals surface area contributed by atoms with Gasteiger partial charge in [0.15, 0.2) is 0 Å². The summed E-state index contributed by atoms with van der Waals surface area (Å²) >= 11 is -4.96. The van der Waals surface area contributed by atoms with Crippen LogP contribution in [0.2, 0.25) is 48.0 Å². The normalized spacial score (nSPS) is 31.4. The van der Waals surface area contributed by atoms with Crippen molar-refractivity contribution in [2.24, 2.45) is 59.2 Å². The smallest absolute Gasteiger partial charge is 0.147 e. The Bertz CT molecular complexity index is 2580. The molecule has 10 aliphatic rings. The van der Waals surface area contributed by atoms with Crippen molar-refractivity contribution in [3.63, 3.8) is 0 Å². The van der Waals surface area contributed by atoms with Crippen molar-refractivity contribution in [2.45, 2.75) is 145 Å². The number of hydrogen-bond donors (Lipinski definition) is 0. The molecule has 71 heavy (non-hydrogen) atoms. The molecule has 0 aliphatic heterocycles. The Hall–Kier alpha value is -1.74. The molecule has 380 valence electrons. The summed E-state index contributed by atoms with van der Waals surface area (Å²) in [4.78, 5) is 0. The van der Waals surface area contributed by atoms with Gasteiger partial charge in [-0.15, -0.1) is 24.8 Å². The summed E-state index contributed by atoms with van der Waals surface area (Å²) in [6.07, 6.45) is 16.3.